The van der Waals surface area contributed by atoms with E-state index in [1.54, 1.807) is 0 Å². The van der Waals surface area contributed by atoms with Gasteiger partial charge in [0.15, 0.2) is 0 Å². The van der Waals surface area contributed by atoms with Crippen LogP contribution in [-0.2, 0) is 0 Å². The summed E-state index contributed by atoms with van der Waals surface area (Å²) in [6.07, 6.45) is 6.29. The van der Waals surface area contributed by atoms with Crippen molar-refractivity contribution in [3.63, 3.8) is 0 Å². The lowest BCUT2D eigenvalue weighted by molar-refractivity contribution is 0.292. The molecule has 2 saturated carbocycles. The molecule has 21 heavy (non-hydrogen) atoms. The van der Waals surface area contributed by atoms with Crippen LogP contribution in [0.15, 0.2) is 0 Å². The molecule has 116 valence electrons. The summed E-state index contributed by atoms with van der Waals surface area (Å²) in [5.74, 6) is 2.92. The lowest BCUT2D eigenvalue weighted by Crippen LogP contribution is -2.27. The fraction of sp³-hybridized carbons (Fsp3) is 0.800. The average Bonchev–Trinajstić information content (AvgIpc) is 3.08. The van der Waals surface area contributed by atoms with Crippen LogP contribution in [0.3, 0.4) is 0 Å². The van der Waals surface area contributed by atoms with Crippen LogP contribution in [0.5, 0.6) is 6.01 Å². The van der Waals surface area contributed by atoms with E-state index in [0.29, 0.717) is 30.6 Å². The molecule has 3 rings (SSSR count). The largest absolute Gasteiger partial charge is 0.463 e. The standard InChI is InChI=1S/C15H25N5O/c1-3-7-21-15-19-13(16-4-2)18-14(20-15)17-12-9-10-5-6-11(12)8-10/h10-12H,3-9H2,1-2H3,(H2,16,17,18,19,20). The number of hydrogen-bond donors (Lipinski definition) is 2. The van der Waals surface area contributed by atoms with E-state index in [-0.39, 0.29) is 0 Å². The summed E-state index contributed by atoms with van der Waals surface area (Å²) in [6, 6.07) is 0.924. The van der Waals surface area contributed by atoms with Gasteiger partial charge in [0.25, 0.3) is 0 Å². The van der Waals surface area contributed by atoms with Crippen LogP contribution < -0.4 is 15.4 Å². The van der Waals surface area contributed by atoms with Gasteiger partial charge in [0.1, 0.15) is 0 Å². The van der Waals surface area contributed by atoms with Gasteiger partial charge in [0.05, 0.1) is 6.61 Å². The van der Waals surface area contributed by atoms with Crippen LogP contribution >= 0.6 is 0 Å². The molecular formula is C15H25N5O. The number of hydrogen-bond acceptors (Lipinski definition) is 6. The minimum atomic E-state index is 0.411. The van der Waals surface area contributed by atoms with E-state index >= 15 is 0 Å². The van der Waals surface area contributed by atoms with Crippen LogP contribution in [0, 0.1) is 11.8 Å². The Kier molecular flexibility index (Phi) is 4.41. The summed E-state index contributed by atoms with van der Waals surface area (Å²) in [5, 5.41) is 6.65. The minimum absolute atomic E-state index is 0.411. The summed E-state index contributed by atoms with van der Waals surface area (Å²) in [5.41, 5.74) is 0. The summed E-state index contributed by atoms with van der Waals surface area (Å²) in [4.78, 5) is 13.1. The second-order valence-corrected chi connectivity index (χ2v) is 6.07. The third-order valence-electron chi connectivity index (χ3n) is 4.44. The average molecular weight is 291 g/mol. The molecule has 2 aliphatic carbocycles. The molecule has 1 aromatic heterocycles. The Morgan fingerprint density at radius 1 is 1.10 bits per heavy atom. The highest BCUT2D eigenvalue weighted by molar-refractivity contribution is 5.37. The first kappa shape index (κ1) is 14.4. The van der Waals surface area contributed by atoms with Gasteiger partial charge in [-0.15, -0.1) is 0 Å². The van der Waals surface area contributed by atoms with Crippen LogP contribution in [-0.4, -0.2) is 34.1 Å². The third-order valence-corrected chi connectivity index (χ3v) is 4.44. The normalized spacial score (nSPS) is 26.9. The topological polar surface area (TPSA) is 72.0 Å². The van der Waals surface area contributed by atoms with Crippen molar-refractivity contribution < 1.29 is 4.74 Å². The number of fused-ring (bicyclic) bond motifs is 2. The van der Waals surface area contributed by atoms with Crippen molar-refractivity contribution in [1.29, 1.82) is 0 Å². The Morgan fingerprint density at radius 3 is 2.62 bits per heavy atom. The molecule has 0 radical (unpaired) electrons. The van der Waals surface area contributed by atoms with E-state index in [4.69, 9.17) is 4.74 Å². The molecule has 3 unspecified atom stereocenters. The van der Waals surface area contributed by atoms with Gasteiger partial charge < -0.3 is 15.4 Å². The molecule has 3 atom stereocenters. The molecule has 6 heteroatoms. The highest BCUT2D eigenvalue weighted by Crippen LogP contribution is 2.45. The Hall–Kier alpha value is -1.59. The van der Waals surface area contributed by atoms with Gasteiger partial charge in [-0.25, -0.2) is 0 Å². The number of ether oxygens (including phenoxy) is 1. The molecule has 0 aliphatic heterocycles. The third kappa shape index (κ3) is 3.36. The fourth-order valence-electron chi connectivity index (χ4n) is 3.50. The second kappa shape index (κ2) is 6.45. The predicted molar refractivity (Wildman–Crippen MR) is 82.6 cm³/mol. The van der Waals surface area contributed by atoms with Crippen molar-refractivity contribution in [2.45, 2.75) is 52.0 Å². The van der Waals surface area contributed by atoms with Gasteiger partial charge in [0, 0.05) is 12.6 Å². The maximum atomic E-state index is 5.57. The van der Waals surface area contributed by atoms with Crippen LogP contribution in [0.4, 0.5) is 11.9 Å². The summed E-state index contributed by atoms with van der Waals surface area (Å²) >= 11 is 0. The van der Waals surface area contributed by atoms with Crippen molar-refractivity contribution in [2.24, 2.45) is 11.8 Å². The molecule has 2 aliphatic rings. The zero-order valence-electron chi connectivity index (χ0n) is 12.9. The summed E-state index contributed by atoms with van der Waals surface area (Å²) in [7, 11) is 0. The molecule has 2 N–H and O–H groups in total. The first-order chi connectivity index (χ1) is 10.3. The minimum Gasteiger partial charge on any atom is -0.463 e. The van der Waals surface area contributed by atoms with Crippen molar-refractivity contribution in [3.8, 4) is 6.01 Å². The van der Waals surface area contributed by atoms with Crippen LogP contribution in [0.1, 0.15) is 46.0 Å². The Bertz CT molecular complexity index is 481. The van der Waals surface area contributed by atoms with Gasteiger partial charge >= 0.3 is 6.01 Å². The van der Waals surface area contributed by atoms with Gasteiger partial charge in [-0.05, 0) is 44.4 Å². The van der Waals surface area contributed by atoms with E-state index in [1.165, 1.54) is 25.7 Å². The molecule has 0 saturated heterocycles. The van der Waals surface area contributed by atoms with Crippen LogP contribution in [0.2, 0.25) is 0 Å². The molecule has 6 nitrogen and oxygen atoms in total. The molecule has 0 spiro atoms. The van der Waals surface area contributed by atoms with Crippen molar-refractivity contribution in [3.05, 3.63) is 0 Å². The quantitative estimate of drug-likeness (QED) is 0.805. The first-order valence-electron chi connectivity index (χ1n) is 8.17. The molecule has 2 fully saturated rings. The van der Waals surface area contributed by atoms with Gasteiger partial charge in [-0.1, -0.05) is 13.3 Å². The van der Waals surface area contributed by atoms with Crippen molar-refractivity contribution in [2.75, 3.05) is 23.8 Å². The zero-order valence-corrected chi connectivity index (χ0v) is 12.9. The van der Waals surface area contributed by atoms with Crippen molar-refractivity contribution >= 4 is 11.9 Å². The van der Waals surface area contributed by atoms with Crippen LogP contribution in [0.25, 0.3) is 0 Å². The number of nitrogens with zero attached hydrogens (tertiary/aromatic N) is 3. The maximum Gasteiger partial charge on any atom is 0.323 e. The second-order valence-electron chi connectivity index (χ2n) is 6.07. The first-order valence-corrected chi connectivity index (χ1v) is 8.17. The molecule has 1 heterocycles. The Morgan fingerprint density at radius 2 is 1.95 bits per heavy atom. The monoisotopic (exact) mass is 291 g/mol. The van der Waals surface area contributed by atoms with E-state index in [1.807, 2.05) is 6.92 Å². The Labute approximate surface area is 126 Å². The van der Waals surface area contributed by atoms with E-state index in [9.17, 15) is 0 Å². The number of anilines is 2. The maximum absolute atomic E-state index is 5.57. The molecule has 0 amide bonds. The van der Waals surface area contributed by atoms with Crippen molar-refractivity contribution in [1.82, 2.24) is 15.0 Å². The smallest absolute Gasteiger partial charge is 0.323 e. The predicted octanol–water partition coefficient (Wildman–Crippen LogP) is 2.69. The summed E-state index contributed by atoms with van der Waals surface area (Å²) in [6.45, 7) is 5.51. The molecule has 2 bridgehead atoms. The zero-order chi connectivity index (χ0) is 14.7. The van der Waals surface area contributed by atoms with Gasteiger partial charge in [-0.2, -0.15) is 15.0 Å². The number of aromatic nitrogens is 3. The SMILES string of the molecule is CCCOc1nc(NCC)nc(NC2CC3CCC2C3)n1. The molecular weight excluding hydrogens is 266 g/mol. The highest BCUT2D eigenvalue weighted by atomic mass is 16.5. The number of rotatable bonds is 7. The van der Waals surface area contributed by atoms with E-state index in [0.717, 1.165) is 24.8 Å². The summed E-state index contributed by atoms with van der Waals surface area (Å²) < 4.78 is 5.57. The lowest BCUT2D eigenvalue weighted by Gasteiger charge is -2.23. The Balaban J connectivity index is 1.71. The molecule has 1 aromatic rings. The van der Waals surface area contributed by atoms with Gasteiger partial charge in [0.2, 0.25) is 11.9 Å². The van der Waals surface area contributed by atoms with E-state index in [2.05, 4.69) is 32.5 Å². The lowest BCUT2D eigenvalue weighted by atomic mass is 9.95. The highest BCUT2D eigenvalue weighted by Gasteiger charge is 2.39. The molecule has 0 aromatic carbocycles. The fourth-order valence-corrected chi connectivity index (χ4v) is 3.50. The van der Waals surface area contributed by atoms with Gasteiger partial charge in [-0.3, -0.25) is 0 Å². The number of nitrogens with one attached hydrogen (secondary N) is 2. The van der Waals surface area contributed by atoms with E-state index < -0.39 is 0 Å².